The summed E-state index contributed by atoms with van der Waals surface area (Å²) >= 11 is 10.3. The molecule has 0 atom stereocenters. The molecule has 0 radical (unpaired) electrons. The topological polar surface area (TPSA) is 83.4 Å². The minimum absolute atomic E-state index is 0.284. The molecule has 0 aliphatic carbocycles. The third-order valence-electron chi connectivity index (χ3n) is 5.59. The molecule has 0 unspecified atom stereocenters. The van der Waals surface area contributed by atoms with Crippen LogP contribution in [0, 0.1) is 0 Å². The van der Waals surface area contributed by atoms with Gasteiger partial charge in [-0.05, 0) is 61.1 Å². The highest BCUT2D eigenvalue weighted by atomic mass is 79.9. The predicted molar refractivity (Wildman–Crippen MR) is 139 cm³/mol. The van der Waals surface area contributed by atoms with Gasteiger partial charge < -0.3 is 15.2 Å². The van der Waals surface area contributed by atoms with Crippen LogP contribution >= 0.6 is 27.5 Å². The minimum atomic E-state index is 0.284. The summed E-state index contributed by atoms with van der Waals surface area (Å²) in [7, 11) is 0. The van der Waals surface area contributed by atoms with Crippen LogP contribution in [0.3, 0.4) is 0 Å². The summed E-state index contributed by atoms with van der Waals surface area (Å²) in [5, 5.41) is 8.17. The molecule has 8 heteroatoms. The molecule has 0 saturated heterocycles. The lowest BCUT2D eigenvalue weighted by molar-refractivity contribution is 0.288. The smallest absolute Gasteiger partial charge is 0.142 e. The molecule has 0 aliphatic heterocycles. The first-order valence-corrected chi connectivity index (χ1v) is 12.1. The van der Waals surface area contributed by atoms with Crippen molar-refractivity contribution in [1.29, 1.82) is 0 Å². The molecule has 1 aromatic heterocycles. The van der Waals surface area contributed by atoms with E-state index in [1.165, 1.54) is 0 Å². The zero-order valence-corrected chi connectivity index (χ0v) is 20.9. The van der Waals surface area contributed by atoms with Gasteiger partial charge in [-0.1, -0.05) is 66.2 Å². The maximum atomic E-state index is 6.51. The molecule has 0 saturated carbocycles. The van der Waals surface area contributed by atoms with E-state index in [4.69, 9.17) is 31.4 Å². The summed E-state index contributed by atoms with van der Waals surface area (Å²) in [4.78, 5) is 0. The molecule has 176 valence electrons. The average Bonchev–Trinajstić information content (AvgIpc) is 3.36. The van der Waals surface area contributed by atoms with Crippen LogP contribution in [-0.4, -0.2) is 10.3 Å². The van der Waals surface area contributed by atoms with Crippen LogP contribution < -0.4 is 15.2 Å². The molecule has 2 N–H and O–H groups in total. The van der Waals surface area contributed by atoms with Crippen LogP contribution in [0.4, 0.5) is 0 Å². The lowest BCUT2D eigenvalue weighted by Crippen LogP contribution is -2.05. The van der Waals surface area contributed by atoms with Crippen molar-refractivity contribution < 1.29 is 14.1 Å². The van der Waals surface area contributed by atoms with E-state index in [-0.39, 0.29) is 6.54 Å². The summed E-state index contributed by atoms with van der Waals surface area (Å²) in [6.07, 6.45) is 0. The first-order chi connectivity index (χ1) is 17.1. The van der Waals surface area contributed by atoms with Gasteiger partial charge in [0.1, 0.15) is 35.7 Å². The standard InChI is InChI=1S/C27H21BrClN3O3/c28-27-19(7-4-8-21(27)18-5-2-1-3-6-18)16-34-26-13-25(20(14-30)12-22(26)29)33-15-17-9-10-23-24(11-17)32-35-31-23/h1-13H,14-16,30H2. The van der Waals surface area contributed by atoms with Crippen LogP contribution in [0.15, 0.2) is 88.0 Å². The number of hydrogen-bond acceptors (Lipinski definition) is 6. The van der Waals surface area contributed by atoms with Crippen LogP contribution in [-0.2, 0) is 19.8 Å². The highest BCUT2D eigenvalue weighted by Gasteiger charge is 2.13. The third kappa shape index (κ3) is 5.17. The highest BCUT2D eigenvalue weighted by Crippen LogP contribution is 2.36. The van der Waals surface area contributed by atoms with Crippen LogP contribution in [0.2, 0.25) is 5.02 Å². The van der Waals surface area contributed by atoms with Gasteiger partial charge in [0.15, 0.2) is 0 Å². The Hall–Kier alpha value is -3.39. The third-order valence-corrected chi connectivity index (χ3v) is 6.83. The number of benzene rings is 4. The summed E-state index contributed by atoms with van der Waals surface area (Å²) in [5.74, 6) is 1.13. The number of ether oxygens (including phenoxy) is 2. The van der Waals surface area contributed by atoms with E-state index in [0.29, 0.717) is 40.8 Å². The Labute approximate surface area is 215 Å². The zero-order valence-electron chi connectivity index (χ0n) is 18.6. The molecule has 0 bridgehead atoms. The van der Waals surface area contributed by atoms with E-state index in [1.54, 1.807) is 12.1 Å². The number of hydrogen-bond donors (Lipinski definition) is 1. The van der Waals surface area contributed by atoms with Gasteiger partial charge in [-0.15, -0.1) is 0 Å². The predicted octanol–water partition coefficient (Wildman–Crippen LogP) is 6.92. The SMILES string of the molecule is NCc1cc(Cl)c(OCc2cccc(-c3ccccc3)c2Br)cc1OCc1ccc2nonc2c1. The Morgan fingerprint density at radius 3 is 2.43 bits per heavy atom. The number of aromatic nitrogens is 2. The first-order valence-electron chi connectivity index (χ1n) is 10.9. The van der Waals surface area contributed by atoms with Crippen molar-refractivity contribution in [2.75, 3.05) is 0 Å². The zero-order chi connectivity index (χ0) is 24.2. The van der Waals surface area contributed by atoms with Gasteiger partial charge in [-0.2, -0.15) is 0 Å². The first kappa shape index (κ1) is 23.4. The fourth-order valence-electron chi connectivity index (χ4n) is 3.75. The van der Waals surface area contributed by atoms with E-state index < -0.39 is 0 Å². The Morgan fingerprint density at radius 1 is 0.800 bits per heavy atom. The van der Waals surface area contributed by atoms with Crippen molar-refractivity contribution in [3.63, 3.8) is 0 Å². The molecular weight excluding hydrogens is 530 g/mol. The normalized spacial score (nSPS) is 11.1. The van der Waals surface area contributed by atoms with E-state index >= 15 is 0 Å². The summed E-state index contributed by atoms with van der Waals surface area (Å²) < 4.78 is 17.9. The Balaban J connectivity index is 1.34. The van der Waals surface area contributed by atoms with Crippen molar-refractivity contribution in [2.45, 2.75) is 19.8 Å². The quantitative estimate of drug-likeness (QED) is 0.226. The Bertz CT molecular complexity index is 1470. The van der Waals surface area contributed by atoms with Gasteiger partial charge in [-0.25, -0.2) is 4.63 Å². The van der Waals surface area contributed by atoms with Gasteiger partial charge in [0.2, 0.25) is 0 Å². The molecule has 0 fully saturated rings. The van der Waals surface area contributed by atoms with E-state index in [2.05, 4.69) is 44.4 Å². The molecule has 0 aliphatic rings. The Morgan fingerprint density at radius 2 is 1.60 bits per heavy atom. The molecule has 0 spiro atoms. The van der Waals surface area contributed by atoms with Crippen molar-refractivity contribution in [1.82, 2.24) is 10.3 Å². The number of nitrogens with zero attached hydrogens (tertiary/aromatic N) is 2. The maximum Gasteiger partial charge on any atom is 0.142 e. The number of rotatable bonds is 8. The molecule has 4 aromatic carbocycles. The van der Waals surface area contributed by atoms with Gasteiger partial charge >= 0.3 is 0 Å². The van der Waals surface area contributed by atoms with Gasteiger partial charge in [0.25, 0.3) is 0 Å². The minimum Gasteiger partial charge on any atom is -0.488 e. The lowest BCUT2D eigenvalue weighted by atomic mass is 10.0. The average molecular weight is 551 g/mol. The van der Waals surface area contributed by atoms with Crippen molar-refractivity contribution in [3.05, 3.63) is 105 Å². The highest BCUT2D eigenvalue weighted by molar-refractivity contribution is 9.10. The monoisotopic (exact) mass is 549 g/mol. The second-order valence-corrected chi connectivity index (χ2v) is 9.10. The molecule has 35 heavy (non-hydrogen) atoms. The maximum absolute atomic E-state index is 6.51. The van der Waals surface area contributed by atoms with Gasteiger partial charge in [-0.3, -0.25) is 0 Å². The van der Waals surface area contributed by atoms with Crippen LogP contribution in [0.25, 0.3) is 22.2 Å². The molecular formula is C27H21BrClN3O3. The summed E-state index contributed by atoms with van der Waals surface area (Å²) in [6, 6.07) is 25.5. The molecule has 5 rings (SSSR count). The van der Waals surface area contributed by atoms with Gasteiger partial charge in [0.05, 0.1) is 5.02 Å². The number of fused-ring (bicyclic) bond motifs is 1. The fourth-order valence-corrected chi connectivity index (χ4v) is 4.59. The van der Waals surface area contributed by atoms with Crippen LogP contribution in [0.5, 0.6) is 11.5 Å². The van der Waals surface area contributed by atoms with Crippen molar-refractivity contribution in [2.24, 2.45) is 5.73 Å². The van der Waals surface area contributed by atoms with E-state index in [0.717, 1.165) is 32.3 Å². The second kappa shape index (κ2) is 10.5. The summed E-state index contributed by atoms with van der Waals surface area (Å²) in [6.45, 7) is 0.937. The van der Waals surface area contributed by atoms with E-state index in [1.807, 2.05) is 48.5 Å². The summed E-state index contributed by atoms with van der Waals surface area (Å²) in [5.41, 5.74) is 12.3. The largest absolute Gasteiger partial charge is 0.488 e. The van der Waals surface area contributed by atoms with Gasteiger partial charge in [0, 0.05) is 28.2 Å². The van der Waals surface area contributed by atoms with E-state index in [9.17, 15) is 0 Å². The Kier molecular flexibility index (Phi) is 6.99. The van der Waals surface area contributed by atoms with Crippen molar-refractivity contribution >= 4 is 38.6 Å². The second-order valence-electron chi connectivity index (χ2n) is 7.90. The molecule has 5 aromatic rings. The van der Waals surface area contributed by atoms with Crippen LogP contribution in [0.1, 0.15) is 16.7 Å². The molecule has 1 heterocycles. The number of halogens is 2. The molecule has 0 amide bonds. The lowest BCUT2D eigenvalue weighted by Gasteiger charge is -2.16. The van der Waals surface area contributed by atoms with Crippen molar-refractivity contribution in [3.8, 4) is 22.6 Å². The number of nitrogens with two attached hydrogens (primary N) is 1. The molecule has 6 nitrogen and oxygen atoms in total. The fraction of sp³-hybridized carbons (Fsp3) is 0.111.